The molecular weight excluding hydrogens is 354 g/mol. The van der Waals surface area contributed by atoms with E-state index in [-0.39, 0.29) is 0 Å². The van der Waals surface area contributed by atoms with Crippen LogP contribution in [-0.2, 0) is 0 Å². The van der Waals surface area contributed by atoms with E-state index in [1.54, 1.807) is 36.0 Å². The number of para-hydroxylation sites is 1. The summed E-state index contributed by atoms with van der Waals surface area (Å²) in [5, 5.41) is 7.11. The summed E-state index contributed by atoms with van der Waals surface area (Å²) in [6.07, 6.45) is 1.71. The van der Waals surface area contributed by atoms with E-state index in [0.717, 1.165) is 26.1 Å². The van der Waals surface area contributed by atoms with Gasteiger partial charge in [-0.1, -0.05) is 12.1 Å². The van der Waals surface area contributed by atoms with Gasteiger partial charge in [0, 0.05) is 10.4 Å². The Balaban J connectivity index is 1.76. The summed E-state index contributed by atoms with van der Waals surface area (Å²) in [6, 6.07) is 9.82. The number of thiophene rings is 1. The first-order valence-electron chi connectivity index (χ1n) is 7.83. The maximum atomic E-state index is 5.58. The molecule has 1 aromatic carbocycles. The molecular formula is C18H19N3O2S2. The highest BCUT2D eigenvalue weighted by atomic mass is 32.1. The Kier molecular flexibility index (Phi) is 5.67. The van der Waals surface area contributed by atoms with Gasteiger partial charge in [0.05, 0.1) is 30.5 Å². The minimum absolute atomic E-state index is 0.582. The molecule has 0 spiro atoms. The van der Waals surface area contributed by atoms with E-state index in [9.17, 15) is 0 Å². The van der Waals surface area contributed by atoms with Crippen molar-refractivity contribution in [2.75, 3.05) is 19.1 Å². The van der Waals surface area contributed by atoms with Crippen molar-refractivity contribution < 1.29 is 9.47 Å². The predicted octanol–water partition coefficient (Wildman–Crippen LogP) is 5.03. The van der Waals surface area contributed by atoms with Gasteiger partial charge in [0.15, 0.2) is 11.5 Å². The van der Waals surface area contributed by atoms with Crippen LogP contribution in [0.25, 0.3) is 10.6 Å². The Morgan fingerprint density at radius 1 is 1.28 bits per heavy atom. The average Bonchev–Trinajstić information content (AvgIpc) is 3.25. The zero-order valence-corrected chi connectivity index (χ0v) is 15.9. The lowest BCUT2D eigenvalue weighted by Crippen LogP contribution is -1.99. The van der Waals surface area contributed by atoms with Crippen LogP contribution in [0.5, 0.6) is 11.5 Å². The number of hydrogen-bond donors (Lipinski definition) is 1. The summed E-state index contributed by atoms with van der Waals surface area (Å²) in [4.78, 5) is 6.95. The molecule has 3 rings (SSSR count). The Morgan fingerprint density at radius 3 is 2.88 bits per heavy atom. The predicted molar refractivity (Wildman–Crippen MR) is 106 cm³/mol. The monoisotopic (exact) mass is 373 g/mol. The molecule has 3 aromatic rings. The number of ether oxygens (including phenoxy) is 2. The summed E-state index contributed by atoms with van der Waals surface area (Å²) in [5.41, 5.74) is 4.85. The molecule has 0 saturated carbocycles. The van der Waals surface area contributed by atoms with Crippen LogP contribution in [0.3, 0.4) is 0 Å². The molecule has 0 saturated heterocycles. The number of thiazole rings is 1. The van der Waals surface area contributed by atoms with Crippen LogP contribution in [0.2, 0.25) is 0 Å². The number of hydrazone groups is 1. The van der Waals surface area contributed by atoms with Gasteiger partial charge in [-0.05, 0) is 37.4 Å². The molecule has 7 heteroatoms. The highest BCUT2D eigenvalue weighted by Crippen LogP contribution is 2.33. The van der Waals surface area contributed by atoms with Crippen molar-refractivity contribution in [3.63, 3.8) is 0 Å². The van der Waals surface area contributed by atoms with Crippen molar-refractivity contribution in [3.8, 4) is 22.1 Å². The molecule has 0 aliphatic rings. The zero-order chi connectivity index (χ0) is 17.6. The third-order valence-electron chi connectivity index (χ3n) is 3.43. The molecule has 2 heterocycles. The van der Waals surface area contributed by atoms with Crippen LogP contribution in [0.1, 0.15) is 17.4 Å². The molecule has 25 heavy (non-hydrogen) atoms. The average molecular weight is 374 g/mol. The first-order valence-corrected chi connectivity index (χ1v) is 9.52. The maximum absolute atomic E-state index is 5.58. The summed E-state index contributed by atoms with van der Waals surface area (Å²) in [6.45, 7) is 4.59. The Hall–Kier alpha value is -2.38. The van der Waals surface area contributed by atoms with E-state index < -0.39 is 0 Å². The van der Waals surface area contributed by atoms with Crippen molar-refractivity contribution in [2.24, 2.45) is 5.10 Å². The number of aromatic nitrogens is 1. The molecule has 0 amide bonds. The molecule has 0 unspecified atom stereocenters. The fourth-order valence-electron chi connectivity index (χ4n) is 2.37. The number of hydrogen-bond acceptors (Lipinski definition) is 7. The first kappa shape index (κ1) is 17.4. The molecule has 0 fully saturated rings. The molecule has 0 atom stereocenters. The molecule has 0 radical (unpaired) electrons. The highest BCUT2D eigenvalue weighted by molar-refractivity contribution is 7.17. The Labute approximate surface area is 155 Å². The minimum Gasteiger partial charge on any atom is -0.492 e. The number of nitrogens with zero attached hydrogens (tertiary/aromatic N) is 2. The minimum atomic E-state index is 0.582. The van der Waals surface area contributed by atoms with E-state index in [0.29, 0.717) is 18.1 Å². The fourth-order valence-corrected chi connectivity index (χ4v) is 3.98. The van der Waals surface area contributed by atoms with Crippen molar-refractivity contribution in [1.82, 2.24) is 4.98 Å². The maximum Gasteiger partial charge on any atom is 0.204 e. The second-order valence-corrected chi connectivity index (χ2v) is 7.23. The van der Waals surface area contributed by atoms with Crippen molar-refractivity contribution in [1.29, 1.82) is 0 Å². The molecule has 0 aliphatic carbocycles. The number of methoxy groups -OCH3 is 1. The van der Waals surface area contributed by atoms with Gasteiger partial charge < -0.3 is 9.47 Å². The largest absolute Gasteiger partial charge is 0.492 e. The van der Waals surface area contributed by atoms with Crippen molar-refractivity contribution >= 4 is 34.0 Å². The summed E-state index contributed by atoms with van der Waals surface area (Å²) >= 11 is 3.27. The summed E-state index contributed by atoms with van der Waals surface area (Å²) in [7, 11) is 1.63. The first-order chi connectivity index (χ1) is 12.2. The number of nitrogens with one attached hydrogen (secondary N) is 1. The van der Waals surface area contributed by atoms with E-state index >= 15 is 0 Å². The lowest BCUT2D eigenvalue weighted by molar-refractivity contribution is 0.311. The van der Waals surface area contributed by atoms with Crippen LogP contribution in [0.4, 0.5) is 5.13 Å². The number of benzene rings is 1. The van der Waals surface area contributed by atoms with Gasteiger partial charge in [-0.15, -0.1) is 22.7 Å². The molecule has 0 aliphatic heterocycles. The molecule has 2 aromatic heterocycles. The van der Waals surface area contributed by atoms with Gasteiger partial charge in [0.2, 0.25) is 5.13 Å². The molecule has 5 nitrogen and oxygen atoms in total. The lowest BCUT2D eigenvalue weighted by atomic mass is 10.2. The Bertz CT molecular complexity index is 857. The van der Waals surface area contributed by atoms with Gasteiger partial charge in [-0.3, -0.25) is 5.43 Å². The van der Waals surface area contributed by atoms with E-state index in [1.165, 1.54) is 0 Å². The van der Waals surface area contributed by atoms with Crippen LogP contribution in [-0.4, -0.2) is 24.9 Å². The van der Waals surface area contributed by atoms with Crippen LogP contribution < -0.4 is 14.9 Å². The van der Waals surface area contributed by atoms with E-state index in [2.05, 4.69) is 33.9 Å². The van der Waals surface area contributed by atoms with Gasteiger partial charge in [-0.2, -0.15) is 5.10 Å². The number of aryl methyl sites for hydroxylation is 1. The fraction of sp³-hybridized carbons (Fsp3) is 0.222. The third-order valence-corrected chi connectivity index (χ3v) is 5.18. The SMILES string of the molecule is CCOc1cccc(/C=N\Nc2nc(-c3cccs3)c(C)s2)c1OC. The van der Waals surface area contributed by atoms with E-state index in [4.69, 9.17) is 9.47 Å². The van der Waals surface area contributed by atoms with Crippen LogP contribution in [0, 0.1) is 6.92 Å². The number of anilines is 1. The van der Waals surface area contributed by atoms with Crippen LogP contribution in [0.15, 0.2) is 40.8 Å². The van der Waals surface area contributed by atoms with Crippen molar-refractivity contribution in [3.05, 3.63) is 46.2 Å². The quantitative estimate of drug-likeness (QED) is 0.466. The summed E-state index contributed by atoms with van der Waals surface area (Å²) in [5.74, 6) is 1.38. The highest BCUT2D eigenvalue weighted by Gasteiger charge is 2.11. The van der Waals surface area contributed by atoms with Gasteiger partial charge in [-0.25, -0.2) is 4.98 Å². The smallest absolute Gasteiger partial charge is 0.204 e. The third kappa shape index (κ3) is 4.00. The molecule has 0 bridgehead atoms. The zero-order valence-electron chi connectivity index (χ0n) is 14.3. The molecule has 130 valence electrons. The lowest BCUT2D eigenvalue weighted by Gasteiger charge is -2.10. The Morgan fingerprint density at radius 2 is 2.16 bits per heavy atom. The second kappa shape index (κ2) is 8.13. The normalized spacial score (nSPS) is 11.0. The number of rotatable bonds is 7. The van der Waals surface area contributed by atoms with Gasteiger partial charge in [0.1, 0.15) is 0 Å². The topological polar surface area (TPSA) is 55.7 Å². The second-order valence-electron chi connectivity index (χ2n) is 5.08. The standard InChI is InChI=1S/C18H19N3O2S2/c1-4-23-14-8-5-7-13(17(14)22-3)11-19-21-18-20-16(12(2)25-18)15-9-6-10-24-15/h5-11H,4H2,1-3H3,(H,20,21)/b19-11-. The van der Waals surface area contributed by atoms with Gasteiger partial charge in [0.25, 0.3) is 0 Å². The van der Waals surface area contributed by atoms with Gasteiger partial charge >= 0.3 is 0 Å². The van der Waals surface area contributed by atoms with Crippen molar-refractivity contribution in [2.45, 2.75) is 13.8 Å². The summed E-state index contributed by atoms with van der Waals surface area (Å²) < 4.78 is 11.0. The van der Waals surface area contributed by atoms with Crippen LogP contribution >= 0.6 is 22.7 Å². The van der Waals surface area contributed by atoms with E-state index in [1.807, 2.05) is 31.2 Å². The molecule has 1 N–H and O–H groups in total.